The quantitative estimate of drug-likeness (QED) is 0.161. The lowest BCUT2D eigenvalue weighted by atomic mass is 9.93. The lowest BCUT2D eigenvalue weighted by Crippen LogP contribution is -2.58. The summed E-state index contributed by atoms with van der Waals surface area (Å²) in [4.78, 5) is 46.3. The van der Waals surface area contributed by atoms with E-state index in [1.54, 1.807) is 11.3 Å². The van der Waals surface area contributed by atoms with Gasteiger partial charge in [0.05, 0.1) is 11.3 Å². The first kappa shape index (κ1) is 32.4. The van der Waals surface area contributed by atoms with Crippen molar-refractivity contribution in [2.24, 2.45) is 5.92 Å². The zero-order valence-electron chi connectivity index (χ0n) is 26.4. The van der Waals surface area contributed by atoms with Crippen molar-refractivity contribution in [2.45, 2.75) is 63.5 Å². The Bertz CT molecular complexity index is 1560. The Balaban J connectivity index is 1.02. The summed E-state index contributed by atoms with van der Waals surface area (Å²) in [6, 6.07) is 24.1. The van der Waals surface area contributed by atoms with Crippen LogP contribution in [0.3, 0.4) is 0 Å². The predicted molar refractivity (Wildman–Crippen MR) is 187 cm³/mol. The number of benzene rings is 2. The normalized spacial score (nSPS) is 16.5. The van der Waals surface area contributed by atoms with Gasteiger partial charge in [0.1, 0.15) is 5.54 Å². The van der Waals surface area contributed by atoms with E-state index in [1.165, 1.54) is 11.3 Å². The van der Waals surface area contributed by atoms with Gasteiger partial charge in [0.25, 0.3) is 5.91 Å². The molecule has 46 heavy (non-hydrogen) atoms. The molecule has 2 aromatic carbocycles. The number of rotatable bonds is 13. The molecule has 2 aliphatic rings. The van der Waals surface area contributed by atoms with Gasteiger partial charge in [0.2, 0.25) is 11.8 Å². The molecule has 242 valence electrons. The Morgan fingerprint density at radius 1 is 0.913 bits per heavy atom. The van der Waals surface area contributed by atoms with Crippen molar-refractivity contribution in [3.8, 4) is 0 Å². The summed E-state index contributed by atoms with van der Waals surface area (Å²) in [5.41, 5.74) is 0.206. The Hall–Kier alpha value is -3.53. The molecule has 6 rings (SSSR count). The summed E-state index contributed by atoms with van der Waals surface area (Å²) in [5, 5.41) is 9.90. The second kappa shape index (κ2) is 15.4. The van der Waals surface area contributed by atoms with E-state index >= 15 is 0 Å². The zero-order valence-corrected chi connectivity index (χ0v) is 28.1. The van der Waals surface area contributed by atoms with Crippen LogP contribution in [0.2, 0.25) is 0 Å². The lowest BCUT2D eigenvalue weighted by molar-refractivity contribution is -0.138. The van der Waals surface area contributed by atoms with Gasteiger partial charge in [-0.05, 0) is 79.1 Å². The Kier molecular flexibility index (Phi) is 10.8. The molecule has 0 bridgehead atoms. The van der Waals surface area contributed by atoms with Crippen molar-refractivity contribution >= 4 is 50.5 Å². The van der Waals surface area contributed by atoms with E-state index in [4.69, 9.17) is 0 Å². The maximum atomic E-state index is 14.4. The molecule has 0 spiro atoms. The Labute approximate surface area is 280 Å². The minimum Gasteiger partial charge on any atom is -0.342 e. The number of piperidine rings is 1. The van der Waals surface area contributed by atoms with Crippen LogP contribution in [0.25, 0.3) is 10.1 Å². The highest BCUT2D eigenvalue weighted by molar-refractivity contribution is 7.20. The number of carbonyl (C=O) groups excluding carboxylic acids is 3. The molecule has 9 heteroatoms. The van der Waals surface area contributed by atoms with Gasteiger partial charge in [-0.2, -0.15) is 0 Å². The van der Waals surface area contributed by atoms with Crippen LogP contribution < -0.4 is 10.6 Å². The molecule has 0 unspecified atom stereocenters. The molecule has 7 nitrogen and oxygen atoms in total. The maximum Gasteiger partial charge on any atom is 0.262 e. The van der Waals surface area contributed by atoms with Crippen LogP contribution in [-0.4, -0.2) is 65.8 Å². The van der Waals surface area contributed by atoms with E-state index in [9.17, 15) is 14.4 Å². The van der Waals surface area contributed by atoms with Crippen LogP contribution in [0.1, 0.15) is 65.1 Å². The van der Waals surface area contributed by atoms with Gasteiger partial charge in [-0.1, -0.05) is 67.4 Å². The maximum absolute atomic E-state index is 14.4. The largest absolute Gasteiger partial charge is 0.342 e. The minimum atomic E-state index is -0.878. The van der Waals surface area contributed by atoms with E-state index in [0.717, 1.165) is 72.3 Å². The molecule has 2 fully saturated rings. The van der Waals surface area contributed by atoms with Crippen molar-refractivity contribution in [1.82, 2.24) is 20.4 Å². The SMILES string of the molecule is O=C(NC1(C(=O)N(CCNCCC2CCN(C(=O)Cc3cccs3)CC2)Cc2ccccc2)CCCC1)c1cc2ccccc2s1. The van der Waals surface area contributed by atoms with Crippen LogP contribution in [-0.2, 0) is 22.6 Å². The summed E-state index contributed by atoms with van der Waals surface area (Å²) in [6.07, 6.45) is 6.83. The molecule has 1 saturated carbocycles. The summed E-state index contributed by atoms with van der Waals surface area (Å²) >= 11 is 3.12. The molecule has 3 heterocycles. The third kappa shape index (κ3) is 8.06. The molecular weight excluding hydrogens is 613 g/mol. The highest BCUT2D eigenvalue weighted by atomic mass is 32.1. The smallest absolute Gasteiger partial charge is 0.262 e. The number of fused-ring (bicyclic) bond motifs is 1. The van der Waals surface area contributed by atoms with E-state index in [1.807, 2.05) is 75.8 Å². The fourth-order valence-electron chi connectivity index (χ4n) is 6.89. The van der Waals surface area contributed by atoms with Gasteiger partial charge in [0.15, 0.2) is 0 Å². The topological polar surface area (TPSA) is 81.8 Å². The summed E-state index contributed by atoms with van der Waals surface area (Å²) in [7, 11) is 0. The number of likely N-dealkylation sites (tertiary alicyclic amines) is 1. The van der Waals surface area contributed by atoms with Crippen molar-refractivity contribution in [3.63, 3.8) is 0 Å². The molecule has 1 saturated heterocycles. The van der Waals surface area contributed by atoms with E-state index < -0.39 is 5.54 Å². The summed E-state index contributed by atoms with van der Waals surface area (Å²) in [6.45, 7) is 4.34. The molecule has 2 aromatic heterocycles. The zero-order chi connectivity index (χ0) is 31.8. The van der Waals surface area contributed by atoms with Crippen LogP contribution in [0, 0.1) is 5.92 Å². The van der Waals surface area contributed by atoms with Crippen LogP contribution in [0.15, 0.2) is 78.2 Å². The summed E-state index contributed by atoms with van der Waals surface area (Å²) in [5.74, 6) is 0.701. The lowest BCUT2D eigenvalue weighted by Gasteiger charge is -2.35. The average Bonchev–Trinajstić information content (AvgIpc) is 3.86. The van der Waals surface area contributed by atoms with Crippen LogP contribution in [0.4, 0.5) is 0 Å². The van der Waals surface area contributed by atoms with Crippen molar-refractivity contribution < 1.29 is 14.4 Å². The van der Waals surface area contributed by atoms with Gasteiger partial charge in [-0.15, -0.1) is 22.7 Å². The predicted octanol–water partition coefficient (Wildman–Crippen LogP) is 6.50. The van der Waals surface area contributed by atoms with E-state index in [0.29, 0.717) is 49.7 Å². The van der Waals surface area contributed by atoms with Crippen molar-refractivity contribution in [3.05, 3.63) is 93.5 Å². The molecule has 2 N–H and O–H groups in total. The monoisotopic (exact) mass is 656 g/mol. The van der Waals surface area contributed by atoms with Gasteiger partial charge in [0, 0.05) is 42.3 Å². The number of nitrogens with zero attached hydrogens (tertiary/aromatic N) is 2. The molecular formula is C37H44N4O3S2. The second-order valence-corrected chi connectivity index (χ2v) is 14.8. The number of amides is 3. The number of hydrogen-bond donors (Lipinski definition) is 2. The Morgan fingerprint density at radius 2 is 1.67 bits per heavy atom. The van der Waals surface area contributed by atoms with Crippen LogP contribution in [0.5, 0.6) is 0 Å². The minimum absolute atomic E-state index is 0.0182. The Morgan fingerprint density at radius 3 is 2.41 bits per heavy atom. The number of carbonyl (C=O) groups is 3. The first-order valence-corrected chi connectivity index (χ1v) is 18.3. The third-order valence-corrected chi connectivity index (χ3v) is 11.5. The number of hydrogen-bond acceptors (Lipinski definition) is 6. The van der Waals surface area contributed by atoms with E-state index in [-0.39, 0.29) is 17.7 Å². The second-order valence-electron chi connectivity index (χ2n) is 12.7. The van der Waals surface area contributed by atoms with Gasteiger partial charge < -0.3 is 20.4 Å². The van der Waals surface area contributed by atoms with Gasteiger partial charge >= 0.3 is 0 Å². The molecule has 4 aromatic rings. The van der Waals surface area contributed by atoms with E-state index in [2.05, 4.69) is 22.8 Å². The number of nitrogens with one attached hydrogen (secondary N) is 2. The fourth-order valence-corrected chi connectivity index (χ4v) is 8.55. The standard InChI is InChI=1S/C37H44N4O3S2/c42-34(26-31-12-8-24-45-31)40-21-15-28(16-22-40)14-19-38-20-23-41(27-29-9-2-1-3-10-29)36(44)37(17-6-7-18-37)39-35(43)33-25-30-11-4-5-13-32(30)46-33/h1-5,8-13,24-25,28,38H,6-7,14-23,26-27H2,(H,39,43). The van der Waals surface area contributed by atoms with Crippen molar-refractivity contribution in [1.29, 1.82) is 0 Å². The highest BCUT2D eigenvalue weighted by Gasteiger charge is 2.45. The molecule has 1 aliphatic carbocycles. The fraction of sp³-hybridized carbons (Fsp3) is 0.432. The highest BCUT2D eigenvalue weighted by Crippen LogP contribution is 2.34. The first-order chi connectivity index (χ1) is 22.5. The molecule has 1 aliphatic heterocycles. The number of thiophene rings is 2. The average molecular weight is 657 g/mol. The van der Waals surface area contributed by atoms with Crippen LogP contribution >= 0.6 is 22.7 Å². The third-order valence-electron chi connectivity index (χ3n) is 9.53. The summed E-state index contributed by atoms with van der Waals surface area (Å²) < 4.78 is 1.07. The van der Waals surface area contributed by atoms with Gasteiger partial charge in [-0.3, -0.25) is 14.4 Å². The molecule has 0 atom stereocenters. The van der Waals surface area contributed by atoms with Gasteiger partial charge in [-0.25, -0.2) is 0 Å². The first-order valence-electron chi connectivity index (χ1n) is 16.6. The molecule has 0 radical (unpaired) electrons. The van der Waals surface area contributed by atoms with Crippen molar-refractivity contribution in [2.75, 3.05) is 32.7 Å². The molecule has 3 amide bonds.